The lowest BCUT2D eigenvalue weighted by molar-refractivity contribution is 0.0945. The fraction of sp³-hybridized carbons (Fsp3) is 0.130. The number of carbonyl (C=O) groups is 1. The molecule has 0 saturated carbocycles. The van der Waals surface area contributed by atoms with Crippen LogP contribution in [0.15, 0.2) is 59.2 Å². The Morgan fingerprint density at radius 2 is 2.00 bits per heavy atom. The van der Waals surface area contributed by atoms with E-state index in [0.29, 0.717) is 29.3 Å². The Hall–Kier alpha value is -3.80. The number of nitrogens with one attached hydrogen (secondary N) is 2. The molecule has 0 spiro atoms. The number of rotatable bonds is 6. The van der Waals surface area contributed by atoms with Crippen LogP contribution in [0.4, 0.5) is 0 Å². The second-order valence-corrected chi connectivity index (χ2v) is 6.68. The summed E-state index contributed by atoms with van der Waals surface area (Å²) in [4.78, 5) is 12.7. The number of hydrogen-bond acceptors (Lipinski definition) is 4. The van der Waals surface area contributed by atoms with Crippen molar-refractivity contribution in [3.8, 4) is 5.75 Å². The number of aryl methyl sites for hydroxylation is 1. The number of ether oxygens (including phenoxy) is 1. The molecular formula is C23H21N3O3. The van der Waals surface area contributed by atoms with Crippen LogP contribution in [0.1, 0.15) is 32.9 Å². The van der Waals surface area contributed by atoms with E-state index in [-0.39, 0.29) is 5.91 Å². The highest BCUT2D eigenvalue weighted by atomic mass is 16.5. The van der Waals surface area contributed by atoms with Gasteiger partial charge in [-0.1, -0.05) is 35.9 Å². The van der Waals surface area contributed by atoms with Gasteiger partial charge in [0.1, 0.15) is 11.5 Å². The summed E-state index contributed by atoms with van der Waals surface area (Å²) in [6.45, 7) is 2.36. The summed E-state index contributed by atoms with van der Waals surface area (Å²) >= 11 is 0. The fourth-order valence-electron chi connectivity index (χ4n) is 3.15. The summed E-state index contributed by atoms with van der Waals surface area (Å²) < 4.78 is 10.9. The maximum absolute atomic E-state index is 12.7. The first kappa shape index (κ1) is 18.6. The second-order valence-electron chi connectivity index (χ2n) is 6.68. The zero-order valence-corrected chi connectivity index (χ0v) is 16.2. The van der Waals surface area contributed by atoms with Gasteiger partial charge in [0.25, 0.3) is 5.91 Å². The first-order chi connectivity index (χ1) is 14.2. The van der Waals surface area contributed by atoms with Crippen molar-refractivity contribution in [1.29, 1.82) is 0 Å². The lowest BCUT2D eigenvalue weighted by Crippen LogP contribution is -2.23. The van der Waals surface area contributed by atoms with Crippen LogP contribution in [0.5, 0.6) is 5.75 Å². The smallest absolute Gasteiger partial charge is 0.255 e. The summed E-state index contributed by atoms with van der Waals surface area (Å²) in [6, 6.07) is 15.4. The zero-order chi connectivity index (χ0) is 20.2. The third-order valence-electron chi connectivity index (χ3n) is 4.67. The lowest BCUT2D eigenvalue weighted by atomic mass is 10.1. The highest BCUT2D eigenvalue weighted by molar-refractivity contribution is 6.05. The van der Waals surface area contributed by atoms with Crippen LogP contribution in [0.25, 0.3) is 23.1 Å². The van der Waals surface area contributed by atoms with Crippen LogP contribution >= 0.6 is 0 Å². The molecule has 0 atom stereocenters. The normalized spacial score (nSPS) is 11.2. The van der Waals surface area contributed by atoms with E-state index in [1.807, 2.05) is 36.4 Å². The largest absolute Gasteiger partial charge is 0.495 e. The van der Waals surface area contributed by atoms with Gasteiger partial charge in [0.05, 0.1) is 42.1 Å². The number of nitrogens with zero attached hydrogens (tertiary/aromatic N) is 1. The molecule has 2 aromatic carbocycles. The lowest BCUT2D eigenvalue weighted by Gasteiger charge is -2.10. The third-order valence-corrected chi connectivity index (χ3v) is 4.67. The minimum atomic E-state index is -0.241. The molecule has 2 heterocycles. The monoisotopic (exact) mass is 387 g/mol. The van der Waals surface area contributed by atoms with Crippen molar-refractivity contribution in [2.24, 2.45) is 0 Å². The number of aromatic nitrogens is 2. The number of furan rings is 1. The maximum Gasteiger partial charge on any atom is 0.255 e. The third kappa shape index (κ3) is 3.91. The fourth-order valence-corrected chi connectivity index (χ4v) is 3.15. The van der Waals surface area contributed by atoms with Gasteiger partial charge >= 0.3 is 0 Å². The van der Waals surface area contributed by atoms with E-state index < -0.39 is 0 Å². The molecule has 0 fully saturated rings. The quantitative estimate of drug-likeness (QED) is 0.508. The molecular weight excluding hydrogens is 366 g/mol. The molecule has 6 nitrogen and oxygen atoms in total. The van der Waals surface area contributed by atoms with E-state index in [4.69, 9.17) is 9.15 Å². The molecule has 146 valence electrons. The van der Waals surface area contributed by atoms with Gasteiger partial charge in [-0.3, -0.25) is 9.89 Å². The van der Waals surface area contributed by atoms with Crippen LogP contribution in [-0.4, -0.2) is 23.2 Å². The molecule has 4 aromatic rings. The van der Waals surface area contributed by atoms with Gasteiger partial charge in [0.2, 0.25) is 0 Å². The Bertz CT molecular complexity index is 1160. The zero-order valence-electron chi connectivity index (χ0n) is 16.2. The van der Waals surface area contributed by atoms with Crippen molar-refractivity contribution in [2.45, 2.75) is 13.5 Å². The Morgan fingerprint density at radius 1 is 1.17 bits per heavy atom. The summed E-state index contributed by atoms with van der Waals surface area (Å²) in [5.41, 5.74) is 4.22. The van der Waals surface area contributed by atoms with E-state index in [2.05, 4.69) is 34.6 Å². The SMILES string of the molecule is COc1c(C(=O)NCc2ccco2)ccc2[nH]nc(C=Cc3ccc(C)cc3)c12. The molecule has 2 N–H and O–H groups in total. The van der Waals surface area contributed by atoms with Crippen molar-refractivity contribution >= 4 is 29.0 Å². The van der Waals surface area contributed by atoms with Gasteiger partial charge < -0.3 is 14.5 Å². The molecule has 29 heavy (non-hydrogen) atoms. The summed E-state index contributed by atoms with van der Waals surface area (Å²) in [7, 11) is 1.55. The van der Waals surface area contributed by atoms with E-state index in [1.165, 1.54) is 5.56 Å². The van der Waals surface area contributed by atoms with E-state index in [9.17, 15) is 4.79 Å². The Morgan fingerprint density at radius 3 is 2.72 bits per heavy atom. The number of H-pyrrole nitrogens is 1. The number of aromatic amines is 1. The maximum atomic E-state index is 12.7. The highest BCUT2D eigenvalue weighted by Gasteiger charge is 2.19. The number of carbonyl (C=O) groups excluding carboxylic acids is 1. The molecule has 0 radical (unpaired) electrons. The minimum absolute atomic E-state index is 0.241. The molecule has 0 unspecified atom stereocenters. The summed E-state index contributed by atoms with van der Waals surface area (Å²) in [6.07, 6.45) is 5.47. The summed E-state index contributed by atoms with van der Waals surface area (Å²) in [5, 5.41) is 11.0. The van der Waals surface area contributed by atoms with Gasteiger partial charge in [-0.2, -0.15) is 5.10 Å². The van der Waals surface area contributed by atoms with E-state index in [1.54, 1.807) is 25.5 Å². The standard InChI is InChI=1S/C23H21N3O3/c1-15-5-7-16(8-6-15)9-11-19-21-20(26-25-19)12-10-18(22(21)28-2)23(27)24-14-17-4-3-13-29-17/h3-13H,14H2,1-2H3,(H,24,27)(H,25,26). The molecule has 0 aliphatic carbocycles. The molecule has 0 saturated heterocycles. The van der Waals surface area contributed by atoms with Crippen molar-refractivity contribution < 1.29 is 13.9 Å². The predicted molar refractivity (Wildman–Crippen MR) is 113 cm³/mol. The minimum Gasteiger partial charge on any atom is -0.495 e. The molecule has 0 aliphatic heterocycles. The van der Waals surface area contributed by atoms with Gasteiger partial charge in [-0.15, -0.1) is 0 Å². The van der Waals surface area contributed by atoms with Gasteiger partial charge in [-0.25, -0.2) is 0 Å². The highest BCUT2D eigenvalue weighted by Crippen LogP contribution is 2.32. The van der Waals surface area contributed by atoms with Crippen LogP contribution in [0.3, 0.4) is 0 Å². The van der Waals surface area contributed by atoms with Crippen molar-refractivity contribution in [2.75, 3.05) is 7.11 Å². The van der Waals surface area contributed by atoms with E-state index in [0.717, 1.165) is 16.5 Å². The van der Waals surface area contributed by atoms with Gasteiger partial charge in [0, 0.05) is 0 Å². The van der Waals surface area contributed by atoms with E-state index >= 15 is 0 Å². The van der Waals surface area contributed by atoms with Crippen molar-refractivity contribution in [3.05, 3.63) is 82.9 Å². The van der Waals surface area contributed by atoms with Crippen molar-refractivity contribution in [3.63, 3.8) is 0 Å². The summed E-state index contributed by atoms with van der Waals surface area (Å²) in [5.74, 6) is 0.926. The second kappa shape index (κ2) is 8.06. The average Bonchev–Trinajstić information content (AvgIpc) is 3.40. The Balaban J connectivity index is 1.65. The molecule has 0 bridgehead atoms. The predicted octanol–water partition coefficient (Wildman–Crippen LogP) is 4.57. The molecule has 0 aliphatic rings. The number of amides is 1. The van der Waals surface area contributed by atoms with Crippen LogP contribution in [0.2, 0.25) is 0 Å². The topological polar surface area (TPSA) is 80.1 Å². The molecule has 1 amide bonds. The molecule has 4 rings (SSSR count). The Labute approximate surface area is 168 Å². The van der Waals surface area contributed by atoms with Crippen molar-refractivity contribution in [1.82, 2.24) is 15.5 Å². The van der Waals surface area contributed by atoms with Crippen LogP contribution in [0, 0.1) is 6.92 Å². The number of benzene rings is 2. The number of methoxy groups -OCH3 is 1. The van der Waals surface area contributed by atoms with Gasteiger partial charge in [-0.05, 0) is 42.8 Å². The first-order valence-electron chi connectivity index (χ1n) is 9.26. The molecule has 6 heteroatoms. The van der Waals surface area contributed by atoms with Gasteiger partial charge in [0.15, 0.2) is 0 Å². The molecule has 2 aromatic heterocycles. The number of hydrogen-bond donors (Lipinski definition) is 2. The first-order valence-corrected chi connectivity index (χ1v) is 9.26. The average molecular weight is 387 g/mol. The number of fused-ring (bicyclic) bond motifs is 1. The Kier molecular flexibility index (Phi) is 5.16. The van der Waals surface area contributed by atoms with Crippen LogP contribution < -0.4 is 10.1 Å². The van der Waals surface area contributed by atoms with Crippen LogP contribution in [-0.2, 0) is 6.54 Å².